The van der Waals surface area contributed by atoms with Gasteiger partial charge in [-0.15, -0.1) is 0 Å². The van der Waals surface area contributed by atoms with E-state index < -0.39 is 0 Å². The van der Waals surface area contributed by atoms with Gasteiger partial charge in [-0.25, -0.2) is 0 Å². The number of anilines is 1. The van der Waals surface area contributed by atoms with Crippen LogP contribution in [0.3, 0.4) is 0 Å². The van der Waals surface area contributed by atoms with Crippen molar-refractivity contribution < 1.29 is 14.3 Å². The summed E-state index contributed by atoms with van der Waals surface area (Å²) in [7, 11) is 0. The first-order chi connectivity index (χ1) is 13.0. The van der Waals surface area contributed by atoms with E-state index in [4.69, 9.17) is 27.9 Å². The van der Waals surface area contributed by atoms with Crippen LogP contribution in [-0.2, 0) is 20.9 Å². The van der Waals surface area contributed by atoms with Gasteiger partial charge in [0.25, 0.3) is 0 Å². The van der Waals surface area contributed by atoms with Crippen molar-refractivity contribution in [2.24, 2.45) is 0 Å². The molecule has 0 saturated heterocycles. The van der Waals surface area contributed by atoms with Gasteiger partial charge >= 0.3 is 0 Å². The van der Waals surface area contributed by atoms with Crippen LogP contribution < -0.4 is 5.32 Å². The molecule has 0 spiro atoms. The van der Waals surface area contributed by atoms with E-state index in [1.807, 2.05) is 37.3 Å². The Kier molecular flexibility index (Phi) is 8.58. The molecule has 144 valence electrons. The quantitative estimate of drug-likeness (QED) is 0.669. The highest BCUT2D eigenvalue weighted by Crippen LogP contribution is 2.25. The number of nitrogens with zero attached hydrogens (tertiary/aromatic N) is 1. The Labute approximate surface area is 169 Å². The Morgan fingerprint density at radius 3 is 2.52 bits per heavy atom. The van der Waals surface area contributed by atoms with Crippen LogP contribution in [0.25, 0.3) is 0 Å². The molecule has 27 heavy (non-hydrogen) atoms. The minimum Gasteiger partial charge on any atom is -0.367 e. The molecule has 2 aromatic carbocycles. The summed E-state index contributed by atoms with van der Waals surface area (Å²) in [6.45, 7) is 2.61. The summed E-state index contributed by atoms with van der Waals surface area (Å²) >= 11 is 11.9. The van der Waals surface area contributed by atoms with E-state index in [0.717, 1.165) is 12.0 Å². The minimum absolute atomic E-state index is 0.0691. The maximum absolute atomic E-state index is 12.4. The summed E-state index contributed by atoms with van der Waals surface area (Å²) in [6.07, 6.45) is 0.736. The van der Waals surface area contributed by atoms with Crippen molar-refractivity contribution in [1.82, 2.24) is 4.90 Å². The SMILES string of the molecule is CCCN(CC(=O)Nc1ccc(Cl)cc1Cl)C(=O)COCc1ccccc1. The molecule has 0 aliphatic heterocycles. The van der Waals surface area contributed by atoms with Crippen LogP contribution >= 0.6 is 23.2 Å². The highest BCUT2D eigenvalue weighted by atomic mass is 35.5. The number of carbonyl (C=O) groups is 2. The van der Waals surface area contributed by atoms with Gasteiger partial charge in [0, 0.05) is 11.6 Å². The van der Waals surface area contributed by atoms with Crippen molar-refractivity contribution in [3.05, 3.63) is 64.1 Å². The van der Waals surface area contributed by atoms with Crippen molar-refractivity contribution in [3.63, 3.8) is 0 Å². The minimum atomic E-state index is -0.330. The molecule has 0 heterocycles. The highest BCUT2D eigenvalue weighted by Gasteiger charge is 2.17. The fraction of sp³-hybridized carbons (Fsp3) is 0.300. The molecule has 0 radical (unpaired) electrons. The molecule has 0 saturated carbocycles. The first-order valence-electron chi connectivity index (χ1n) is 8.64. The molecule has 0 aliphatic carbocycles. The van der Waals surface area contributed by atoms with Crippen LogP contribution in [0.2, 0.25) is 10.0 Å². The van der Waals surface area contributed by atoms with E-state index >= 15 is 0 Å². The van der Waals surface area contributed by atoms with Gasteiger partial charge in [-0.05, 0) is 30.2 Å². The number of carbonyl (C=O) groups excluding carboxylic acids is 2. The van der Waals surface area contributed by atoms with Gasteiger partial charge in [-0.2, -0.15) is 0 Å². The third kappa shape index (κ3) is 7.21. The summed E-state index contributed by atoms with van der Waals surface area (Å²) in [5, 5.41) is 3.52. The Balaban J connectivity index is 1.87. The molecule has 0 unspecified atom stereocenters. The Hall–Kier alpha value is -2.08. The van der Waals surface area contributed by atoms with Gasteiger partial charge in [0.1, 0.15) is 6.61 Å². The number of rotatable bonds is 9. The Morgan fingerprint density at radius 2 is 1.85 bits per heavy atom. The van der Waals surface area contributed by atoms with Gasteiger partial charge in [0.05, 0.1) is 23.9 Å². The van der Waals surface area contributed by atoms with Gasteiger partial charge in [0.2, 0.25) is 11.8 Å². The van der Waals surface area contributed by atoms with E-state index in [0.29, 0.717) is 28.9 Å². The number of hydrogen-bond donors (Lipinski definition) is 1. The predicted octanol–water partition coefficient (Wildman–Crippen LogP) is 4.39. The van der Waals surface area contributed by atoms with Gasteiger partial charge in [-0.1, -0.05) is 60.5 Å². The summed E-state index contributed by atoms with van der Waals surface area (Å²) in [4.78, 5) is 26.2. The van der Waals surface area contributed by atoms with Crippen LogP contribution in [0.1, 0.15) is 18.9 Å². The Morgan fingerprint density at radius 1 is 1.11 bits per heavy atom. The van der Waals surface area contributed by atoms with E-state index in [1.165, 1.54) is 4.90 Å². The van der Waals surface area contributed by atoms with Crippen LogP contribution in [0.15, 0.2) is 48.5 Å². The molecule has 5 nitrogen and oxygen atoms in total. The zero-order valence-corrected chi connectivity index (χ0v) is 16.6. The molecule has 0 fully saturated rings. The first kappa shape index (κ1) is 21.2. The molecular weight excluding hydrogens is 387 g/mol. The van der Waals surface area contributed by atoms with Crippen molar-refractivity contribution in [2.75, 3.05) is 25.0 Å². The largest absolute Gasteiger partial charge is 0.367 e. The van der Waals surface area contributed by atoms with E-state index in [-0.39, 0.29) is 25.0 Å². The summed E-state index contributed by atoms with van der Waals surface area (Å²) in [5.74, 6) is -0.561. The number of amides is 2. The molecule has 2 amide bonds. The predicted molar refractivity (Wildman–Crippen MR) is 108 cm³/mol. The number of hydrogen-bond acceptors (Lipinski definition) is 3. The average molecular weight is 409 g/mol. The van der Waals surface area contributed by atoms with Crippen molar-refractivity contribution in [3.8, 4) is 0 Å². The van der Waals surface area contributed by atoms with E-state index in [9.17, 15) is 9.59 Å². The molecule has 0 aromatic heterocycles. The third-order valence-electron chi connectivity index (χ3n) is 3.72. The van der Waals surface area contributed by atoms with Crippen molar-refractivity contribution in [2.45, 2.75) is 20.0 Å². The van der Waals surface area contributed by atoms with Gasteiger partial charge in [-0.3, -0.25) is 9.59 Å². The first-order valence-corrected chi connectivity index (χ1v) is 9.39. The zero-order valence-electron chi connectivity index (χ0n) is 15.1. The summed E-state index contributed by atoms with van der Waals surface area (Å²) in [6, 6.07) is 14.4. The zero-order chi connectivity index (χ0) is 19.6. The maximum Gasteiger partial charge on any atom is 0.249 e. The second-order valence-electron chi connectivity index (χ2n) is 5.97. The molecule has 0 aliphatic rings. The van der Waals surface area contributed by atoms with Crippen LogP contribution in [0.5, 0.6) is 0 Å². The number of ether oxygens (including phenoxy) is 1. The molecule has 2 rings (SSSR count). The monoisotopic (exact) mass is 408 g/mol. The van der Waals surface area contributed by atoms with Crippen LogP contribution in [0, 0.1) is 0 Å². The molecular formula is C20H22Cl2N2O3. The molecule has 0 bridgehead atoms. The second kappa shape index (κ2) is 10.9. The molecule has 2 aromatic rings. The topological polar surface area (TPSA) is 58.6 Å². The second-order valence-corrected chi connectivity index (χ2v) is 6.81. The van der Waals surface area contributed by atoms with Crippen molar-refractivity contribution in [1.29, 1.82) is 0 Å². The van der Waals surface area contributed by atoms with Crippen LogP contribution in [-0.4, -0.2) is 36.4 Å². The smallest absolute Gasteiger partial charge is 0.249 e. The van der Waals surface area contributed by atoms with Crippen molar-refractivity contribution >= 4 is 40.7 Å². The van der Waals surface area contributed by atoms with Gasteiger partial charge in [0.15, 0.2) is 0 Å². The average Bonchev–Trinajstić information content (AvgIpc) is 2.64. The fourth-order valence-corrected chi connectivity index (χ4v) is 2.89. The van der Waals surface area contributed by atoms with Crippen LogP contribution in [0.4, 0.5) is 5.69 Å². The fourth-order valence-electron chi connectivity index (χ4n) is 2.44. The Bertz CT molecular complexity index is 769. The lowest BCUT2D eigenvalue weighted by atomic mass is 10.2. The number of nitrogens with one attached hydrogen (secondary N) is 1. The molecule has 7 heteroatoms. The number of halogens is 2. The van der Waals surface area contributed by atoms with E-state index in [1.54, 1.807) is 18.2 Å². The lowest BCUT2D eigenvalue weighted by Gasteiger charge is -2.21. The lowest BCUT2D eigenvalue weighted by molar-refractivity contribution is -0.139. The normalized spacial score (nSPS) is 10.5. The maximum atomic E-state index is 12.4. The molecule has 0 atom stereocenters. The van der Waals surface area contributed by atoms with E-state index in [2.05, 4.69) is 5.32 Å². The molecule has 1 N–H and O–H groups in total. The highest BCUT2D eigenvalue weighted by molar-refractivity contribution is 6.36. The summed E-state index contributed by atoms with van der Waals surface area (Å²) in [5.41, 5.74) is 1.44. The number of benzene rings is 2. The third-order valence-corrected chi connectivity index (χ3v) is 4.27. The summed E-state index contributed by atoms with van der Waals surface area (Å²) < 4.78 is 5.48. The lowest BCUT2D eigenvalue weighted by Crippen LogP contribution is -2.40. The standard InChI is InChI=1S/C20H22Cl2N2O3/c1-2-10-24(20(26)14-27-13-15-6-4-3-5-7-15)12-19(25)23-18-9-8-16(21)11-17(18)22/h3-9,11H,2,10,12-14H2,1H3,(H,23,25). The van der Waals surface area contributed by atoms with Gasteiger partial charge < -0.3 is 15.0 Å².